The normalized spacial score (nSPS) is 10.4. The Morgan fingerprint density at radius 1 is 1.25 bits per heavy atom. The number of rotatable bonds is 6. The van der Waals surface area contributed by atoms with Crippen molar-refractivity contribution in [3.8, 4) is 0 Å². The summed E-state index contributed by atoms with van der Waals surface area (Å²) in [6, 6.07) is 9.84. The van der Waals surface area contributed by atoms with Gasteiger partial charge in [-0.1, -0.05) is 18.2 Å². The van der Waals surface area contributed by atoms with Gasteiger partial charge in [0.1, 0.15) is 0 Å². The number of benzene rings is 1. The van der Waals surface area contributed by atoms with Gasteiger partial charge >= 0.3 is 5.69 Å². The van der Waals surface area contributed by atoms with Crippen molar-refractivity contribution >= 4 is 5.69 Å². The molecule has 0 unspecified atom stereocenters. The van der Waals surface area contributed by atoms with E-state index in [9.17, 15) is 14.5 Å². The van der Waals surface area contributed by atoms with Gasteiger partial charge in [0.05, 0.1) is 4.92 Å². The molecular formula is C14H14FN3O2. The molecule has 2 aromatic rings. The van der Waals surface area contributed by atoms with Crippen LogP contribution >= 0.6 is 0 Å². The van der Waals surface area contributed by atoms with Gasteiger partial charge < -0.3 is 5.32 Å². The summed E-state index contributed by atoms with van der Waals surface area (Å²) >= 11 is 0. The monoisotopic (exact) mass is 275 g/mol. The maximum atomic E-state index is 13.8. The molecule has 0 amide bonds. The van der Waals surface area contributed by atoms with Crippen LogP contribution in [-0.4, -0.2) is 16.5 Å². The zero-order chi connectivity index (χ0) is 14.4. The number of nitrogens with one attached hydrogen (secondary N) is 1. The fourth-order valence-corrected chi connectivity index (χ4v) is 1.83. The fraction of sp³-hybridized carbons (Fsp3) is 0.214. The molecule has 0 saturated heterocycles. The standard InChI is InChI=1S/C14H14FN3O2/c15-14-11(4-3-6-13(14)18(19)20)10-16-9-7-12-5-1-2-8-17-12/h1-6,8,16H,7,9-10H2. The Morgan fingerprint density at radius 2 is 2.10 bits per heavy atom. The van der Waals surface area contributed by atoms with Crippen molar-refractivity contribution in [1.82, 2.24) is 10.3 Å². The number of nitro groups is 1. The third-order valence-corrected chi connectivity index (χ3v) is 2.85. The number of nitro benzene ring substituents is 1. The molecule has 0 radical (unpaired) electrons. The van der Waals surface area contributed by atoms with Crippen molar-refractivity contribution in [2.24, 2.45) is 0 Å². The van der Waals surface area contributed by atoms with E-state index in [2.05, 4.69) is 10.3 Å². The lowest BCUT2D eigenvalue weighted by molar-refractivity contribution is -0.387. The molecule has 5 nitrogen and oxygen atoms in total. The number of aromatic nitrogens is 1. The summed E-state index contributed by atoms with van der Waals surface area (Å²) in [5, 5.41) is 13.7. The Morgan fingerprint density at radius 3 is 2.80 bits per heavy atom. The van der Waals surface area contributed by atoms with Gasteiger partial charge in [0, 0.05) is 43.0 Å². The minimum atomic E-state index is -0.775. The second-order valence-corrected chi connectivity index (χ2v) is 4.26. The van der Waals surface area contributed by atoms with Crippen molar-refractivity contribution in [2.75, 3.05) is 6.54 Å². The molecule has 0 spiro atoms. The molecule has 0 fully saturated rings. The van der Waals surface area contributed by atoms with E-state index in [1.54, 1.807) is 6.20 Å². The smallest absolute Gasteiger partial charge is 0.305 e. The first kappa shape index (κ1) is 14.1. The van der Waals surface area contributed by atoms with Crippen LogP contribution in [0.15, 0.2) is 42.6 Å². The minimum absolute atomic E-state index is 0.250. The quantitative estimate of drug-likeness (QED) is 0.499. The summed E-state index contributed by atoms with van der Waals surface area (Å²) in [6.45, 7) is 0.874. The van der Waals surface area contributed by atoms with Crippen LogP contribution in [0.3, 0.4) is 0 Å². The van der Waals surface area contributed by atoms with Crippen molar-refractivity contribution in [2.45, 2.75) is 13.0 Å². The van der Waals surface area contributed by atoms with Crippen LogP contribution in [0.5, 0.6) is 0 Å². The topological polar surface area (TPSA) is 68.1 Å². The molecule has 1 N–H and O–H groups in total. The van der Waals surface area contributed by atoms with Gasteiger partial charge in [-0.05, 0) is 12.1 Å². The number of nitrogens with zero attached hydrogens (tertiary/aromatic N) is 2. The largest absolute Gasteiger partial charge is 0.312 e. The zero-order valence-electron chi connectivity index (χ0n) is 10.8. The van der Waals surface area contributed by atoms with Crippen LogP contribution in [0.4, 0.5) is 10.1 Å². The third kappa shape index (κ3) is 3.58. The summed E-state index contributed by atoms with van der Waals surface area (Å²) in [6.07, 6.45) is 2.44. The molecule has 0 aliphatic heterocycles. The Labute approximate surface area is 115 Å². The molecule has 2 rings (SSSR count). The van der Waals surface area contributed by atoms with Crippen LogP contribution in [0, 0.1) is 15.9 Å². The van der Waals surface area contributed by atoms with Crippen LogP contribution < -0.4 is 5.32 Å². The van der Waals surface area contributed by atoms with Crippen LogP contribution in [0.2, 0.25) is 0 Å². The maximum Gasteiger partial charge on any atom is 0.305 e. The van der Waals surface area contributed by atoms with E-state index in [0.29, 0.717) is 12.1 Å². The lowest BCUT2D eigenvalue weighted by atomic mass is 10.2. The summed E-state index contributed by atoms with van der Waals surface area (Å²) in [4.78, 5) is 14.1. The van der Waals surface area contributed by atoms with Crippen LogP contribution in [0.1, 0.15) is 11.3 Å². The average molecular weight is 275 g/mol. The summed E-state index contributed by atoms with van der Waals surface area (Å²) < 4.78 is 13.8. The summed E-state index contributed by atoms with van der Waals surface area (Å²) in [5.41, 5.74) is 0.744. The highest BCUT2D eigenvalue weighted by Crippen LogP contribution is 2.19. The number of pyridine rings is 1. The van der Waals surface area contributed by atoms with Crippen molar-refractivity contribution in [1.29, 1.82) is 0 Å². The van der Waals surface area contributed by atoms with Crippen LogP contribution in [0.25, 0.3) is 0 Å². The van der Waals surface area contributed by atoms with E-state index in [-0.39, 0.29) is 6.54 Å². The molecule has 1 heterocycles. The zero-order valence-corrected chi connectivity index (χ0v) is 10.8. The lowest BCUT2D eigenvalue weighted by Gasteiger charge is -2.06. The van der Waals surface area contributed by atoms with Crippen molar-refractivity contribution in [3.05, 3.63) is 69.8 Å². The van der Waals surface area contributed by atoms with Gasteiger partial charge in [0.15, 0.2) is 0 Å². The Hall–Kier alpha value is -2.34. The van der Waals surface area contributed by atoms with Gasteiger partial charge in [-0.15, -0.1) is 0 Å². The van der Waals surface area contributed by atoms with Gasteiger partial charge in [0.2, 0.25) is 5.82 Å². The van der Waals surface area contributed by atoms with Crippen molar-refractivity contribution in [3.63, 3.8) is 0 Å². The molecule has 6 heteroatoms. The SMILES string of the molecule is O=[N+]([O-])c1cccc(CNCCc2ccccn2)c1F. The molecule has 0 atom stereocenters. The second-order valence-electron chi connectivity index (χ2n) is 4.26. The first-order valence-electron chi connectivity index (χ1n) is 6.21. The first-order chi connectivity index (χ1) is 9.68. The summed E-state index contributed by atoms with van der Waals surface area (Å²) in [5.74, 6) is -0.775. The van der Waals surface area contributed by atoms with E-state index < -0.39 is 16.4 Å². The number of hydrogen-bond donors (Lipinski definition) is 1. The second kappa shape index (κ2) is 6.72. The van der Waals surface area contributed by atoms with E-state index in [4.69, 9.17) is 0 Å². The summed E-state index contributed by atoms with van der Waals surface area (Å²) in [7, 11) is 0. The highest BCUT2D eigenvalue weighted by atomic mass is 19.1. The van der Waals surface area contributed by atoms with Gasteiger partial charge in [-0.2, -0.15) is 4.39 Å². The van der Waals surface area contributed by atoms with Crippen molar-refractivity contribution < 1.29 is 9.31 Å². The van der Waals surface area contributed by atoms with Gasteiger partial charge in [-0.3, -0.25) is 15.1 Å². The van der Waals surface area contributed by atoms with Crippen LogP contribution in [-0.2, 0) is 13.0 Å². The predicted molar refractivity (Wildman–Crippen MR) is 72.7 cm³/mol. The highest BCUT2D eigenvalue weighted by Gasteiger charge is 2.16. The molecule has 0 aliphatic carbocycles. The molecule has 0 saturated carbocycles. The molecule has 0 aliphatic rings. The fourth-order valence-electron chi connectivity index (χ4n) is 1.83. The highest BCUT2D eigenvalue weighted by molar-refractivity contribution is 5.36. The molecular weight excluding hydrogens is 261 g/mol. The Bertz CT molecular complexity index is 590. The van der Waals surface area contributed by atoms with E-state index in [1.165, 1.54) is 12.1 Å². The molecule has 104 valence electrons. The molecule has 1 aromatic heterocycles. The Balaban J connectivity index is 1.88. The van der Waals surface area contributed by atoms with E-state index >= 15 is 0 Å². The first-order valence-corrected chi connectivity index (χ1v) is 6.21. The molecule has 0 bridgehead atoms. The third-order valence-electron chi connectivity index (χ3n) is 2.85. The maximum absolute atomic E-state index is 13.8. The predicted octanol–water partition coefficient (Wildman–Crippen LogP) is 2.46. The number of hydrogen-bond acceptors (Lipinski definition) is 4. The Kier molecular flexibility index (Phi) is 4.73. The van der Waals surface area contributed by atoms with Gasteiger partial charge in [-0.25, -0.2) is 0 Å². The van der Waals surface area contributed by atoms with E-state index in [1.807, 2.05) is 18.2 Å². The lowest BCUT2D eigenvalue weighted by Crippen LogP contribution is -2.18. The van der Waals surface area contributed by atoms with E-state index in [0.717, 1.165) is 18.2 Å². The van der Waals surface area contributed by atoms with Gasteiger partial charge in [0.25, 0.3) is 0 Å². The molecule has 1 aromatic carbocycles. The number of halogens is 1. The minimum Gasteiger partial charge on any atom is -0.312 e. The molecule has 20 heavy (non-hydrogen) atoms. The average Bonchev–Trinajstić information content (AvgIpc) is 2.46.